The molecule has 0 spiro atoms. The molecule has 0 atom stereocenters. The Morgan fingerprint density at radius 3 is 2.75 bits per heavy atom. The maximum absolute atomic E-state index is 12.3. The van der Waals surface area contributed by atoms with Crippen molar-refractivity contribution in [1.82, 2.24) is 10.2 Å². The number of nitrogens with zero attached hydrogens (tertiary/aromatic N) is 1. The number of unbranched alkanes of at least 4 members (excludes halogenated alkanes) is 2. The van der Waals surface area contributed by atoms with Gasteiger partial charge in [0.25, 0.3) is 5.91 Å². The molecule has 7 nitrogen and oxygen atoms in total. The summed E-state index contributed by atoms with van der Waals surface area (Å²) in [5.41, 5.74) is 1.57. The molecular weight excluding hydrogens is 358 g/mol. The molecule has 1 aliphatic rings. The van der Waals surface area contributed by atoms with E-state index in [-0.39, 0.29) is 5.76 Å². The van der Waals surface area contributed by atoms with Crippen molar-refractivity contribution in [3.8, 4) is 5.75 Å². The lowest BCUT2D eigenvalue weighted by atomic mass is 10.1. The summed E-state index contributed by atoms with van der Waals surface area (Å²) in [6.45, 7) is 4.46. The maximum Gasteiger partial charge on any atom is 0.326 e. The molecule has 0 radical (unpaired) electrons. The van der Waals surface area contributed by atoms with Crippen LogP contribution >= 0.6 is 0 Å². The zero-order valence-corrected chi connectivity index (χ0v) is 16.4. The highest BCUT2D eigenvalue weighted by molar-refractivity contribution is 6.06. The van der Waals surface area contributed by atoms with Crippen molar-refractivity contribution in [3.05, 3.63) is 47.4 Å². The fraction of sp³-hybridized carbons (Fsp3) is 0.429. The van der Waals surface area contributed by atoms with E-state index in [1.807, 2.05) is 7.05 Å². The monoisotopic (exact) mass is 385 g/mol. The SMILES string of the molecule is CCCCCOc1ccc(NC(=O)NC(=O)c2cc3c(o2)CCN(C)C3)cc1. The summed E-state index contributed by atoms with van der Waals surface area (Å²) >= 11 is 0. The number of fused-ring (bicyclic) bond motifs is 1. The molecule has 1 aromatic carbocycles. The van der Waals surface area contributed by atoms with Crippen molar-refractivity contribution in [3.63, 3.8) is 0 Å². The van der Waals surface area contributed by atoms with E-state index >= 15 is 0 Å². The molecule has 0 saturated carbocycles. The highest BCUT2D eigenvalue weighted by Gasteiger charge is 2.22. The number of benzene rings is 1. The number of amides is 3. The number of carbonyl (C=O) groups is 2. The Morgan fingerprint density at radius 1 is 1.21 bits per heavy atom. The third-order valence-electron chi connectivity index (χ3n) is 4.64. The van der Waals surface area contributed by atoms with E-state index in [0.717, 1.165) is 55.8 Å². The third kappa shape index (κ3) is 5.36. The molecule has 0 unspecified atom stereocenters. The van der Waals surface area contributed by atoms with E-state index in [2.05, 4.69) is 22.5 Å². The van der Waals surface area contributed by atoms with Gasteiger partial charge in [0, 0.05) is 30.8 Å². The third-order valence-corrected chi connectivity index (χ3v) is 4.64. The van der Waals surface area contributed by atoms with Gasteiger partial charge in [-0.3, -0.25) is 10.1 Å². The second-order valence-corrected chi connectivity index (χ2v) is 7.04. The molecule has 2 N–H and O–H groups in total. The molecule has 3 amide bonds. The average Bonchev–Trinajstić information content (AvgIpc) is 3.10. The minimum Gasteiger partial charge on any atom is -0.494 e. The molecule has 2 aromatic rings. The Kier molecular flexibility index (Phi) is 6.71. The van der Waals surface area contributed by atoms with Crippen LogP contribution in [0.2, 0.25) is 0 Å². The summed E-state index contributed by atoms with van der Waals surface area (Å²) in [5, 5.41) is 4.94. The molecule has 150 valence electrons. The number of urea groups is 1. The van der Waals surface area contributed by atoms with Gasteiger partial charge in [0.1, 0.15) is 11.5 Å². The molecule has 1 aromatic heterocycles. The van der Waals surface area contributed by atoms with Crippen molar-refractivity contribution >= 4 is 17.6 Å². The summed E-state index contributed by atoms with van der Waals surface area (Å²) in [6, 6.07) is 8.16. The van der Waals surface area contributed by atoms with Crippen LogP contribution in [0.4, 0.5) is 10.5 Å². The van der Waals surface area contributed by atoms with Crippen LogP contribution in [0.15, 0.2) is 34.7 Å². The summed E-state index contributed by atoms with van der Waals surface area (Å²) in [5.74, 6) is 1.18. The number of furan rings is 1. The number of nitrogens with one attached hydrogen (secondary N) is 2. The van der Waals surface area contributed by atoms with Gasteiger partial charge < -0.3 is 19.4 Å². The van der Waals surface area contributed by atoms with Gasteiger partial charge in [-0.25, -0.2) is 4.79 Å². The van der Waals surface area contributed by atoms with Gasteiger partial charge >= 0.3 is 6.03 Å². The number of rotatable bonds is 7. The molecular formula is C21H27N3O4. The Hall–Kier alpha value is -2.80. The Morgan fingerprint density at radius 2 is 2.00 bits per heavy atom. The van der Waals surface area contributed by atoms with Crippen molar-refractivity contribution < 1.29 is 18.7 Å². The first-order valence-corrected chi connectivity index (χ1v) is 9.70. The molecule has 0 saturated heterocycles. The lowest BCUT2D eigenvalue weighted by Gasteiger charge is -2.20. The smallest absolute Gasteiger partial charge is 0.326 e. The normalized spacial score (nSPS) is 13.6. The number of anilines is 1. The van der Waals surface area contributed by atoms with Crippen molar-refractivity contribution in [2.75, 3.05) is 25.5 Å². The van der Waals surface area contributed by atoms with E-state index in [0.29, 0.717) is 12.3 Å². The Balaban J connectivity index is 1.49. The number of imide groups is 1. The average molecular weight is 385 g/mol. The van der Waals surface area contributed by atoms with Gasteiger partial charge in [-0.05, 0) is 43.8 Å². The number of hydrogen-bond donors (Lipinski definition) is 2. The molecule has 28 heavy (non-hydrogen) atoms. The second-order valence-electron chi connectivity index (χ2n) is 7.04. The van der Waals surface area contributed by atoms with E-state index < -0.39 is 11.9 Å². The fourth-order valence-corrected chi connectivity index (χ4v) is 3.09. The molecule has 0 aliphatic carbocycles. The van der Waals surface area contributed by atoms with E-state index in [1.165, 1.54) is 0 Å². The van der Waals surface area contributed by atoms with Crippen LogP contribution < -0.4 is 15.4 Å². The lowest BCUT2D eigenvalue weighted by molar-refractivity contribution is 0.0937. The molecule has 1 aliphatic heterocycles. The van der Waals surface area contributed by atoms with Crippen LogP contribution in [0.1, 0.15) is 48.1 Å². The van der Waals surface area contributed by atoms with Crippen LogP contribution in [-0.2, 0) is 13.0 Å². The van der Waals surface area contributed by atoms with Crippen LogP contribution in [0.3, 0.4) is 0 Å². The standard InChI is InChI=1S/C21H27N3O4/c1-3-4-5-12-27-17-8-6-16(7-9-17)22-21(26)23-20(25)19-13-15-14-24(2)11-10-18(15)28-19/h6-9,13H,3-5,10-12,14H2,1-2H3,(H2,22,23,25,26). The van der Waals surface area contributed by atoms with Gasteiger partial charge in [0.2, 0.25) is 0 Å². The van der Waals surface area contributed by atoms with Gasteiger partial charge in [0.05, 0.1) is 6.61 Å². The highest BCUT2D eigenvalue weighted by Crippen LogP contribution is 2.22. The van der Waals surface area contributed by atoms with Crippen LogP contribution in [0, 0.1) is 0 Å². The molecule has 7 heteroatoms. The number of carbonyl (C=O) groups excluding carboxylic acids is 2. The van der Waals surface area contributed by atoms with Crippen molar-refractivity contribution in [2.45, 2.75) is 39.2 Å². The predicted octanol–water partition coefficient (Wildman–Crippen LogP) is 3.80. The molecule has 3 rings (SSSR count). The lowest BCUT2D eigenvalue weighted by Crippen LogP contribution is -2.34. The number of likely N-dealkylation sites (N-methyl/N-ethyl adjacent to an activating group) is 1. The van der Waals surface area contributed by atoms with Gasteiger partial charge in [-0.1, -0.05) is 19.8 Å². The first-order valence-electron chi connectivity index (χ1n) is 9.70. The Bertz CT molecular complexity index is 814. The van der Waals surface area contributed by atoms with E-state index in [9.17, 15) is 9.59 Å². The fourth-order valence-electron chi connectivity index (χ4n) is 3.09. The maximum atomic E-state index is 12.3. The first-order chi connectivity index (χ1) is 13.5. The minimum absolute atomic E-state index is 0.159. The number of ether oxygens (including phenoxy) is 1. The summed E-state index contributed by atoms with van der Waals surface area (Å²) in [6.07, 6.45) is 4.08. The topological polar surface area (TPSA) is 83.8 Å². The van der Waals surface area contributed by atoms with Crippen LogP contribution in [0.25, 0.3) is 0 Å². The van der Waals surface area contributed by atoms with Crippen molar-refractivity contribution in [1.29, 1.82) is 0 Å². The zero-order chi connectivity index (χ0) is 19.9. The number of hydrogen-bond acceptors (Lipinski definition) is 5. The summed E-state index contributed by atoms with van der Waals surface area (Å²) in [7, 11) is 2.02. The predicted molar refractivity (Wildman–Crippen MR) is 107 cm³/mol. The van der Waals surface area contributed by atoms with Gasteiger partial charge in [-0.2, -0.15) is 0 Å². The van der Waals surface area contributed by atoms with Gasteiger partial charge in [0.15, 0.2) is 5.76 Å². The minimum atomic E-state index is -0.604. The molecule has 0 bridgehead atoms. The van der Waals surface area contributed by atoms with Gasteiger partial charge in [-0.15, -0.1) is 0 Å². The second kappa shape index (κ2) is 9.41. The van der Waals surface area contributed by atoms with Crippen LogP contribution in [-0.4, -0.2) is 37.0 Å². The van der Waals surface area contributed by atoms with E-state index in [1.54, 1.807) is 30.3 Å². The van der Waals surface area contributed by atoms with Crippen LogP contribution in [0.5, 0.6) is 5.75 Å². The summed E-state index contributed by atoms with van der Waals surface area (Å²) in [4.78, 5) is 26.5. The molecule has 2 heterocycles. The largest absolute Gasteiger partial charge is 0.494 e. The van der Waals surface area contributed by atoms with Crippen molar-refractivity contribution in [2.24, 2.45) is 0 Å². The quantitative estimate of drug-likeness (QED) is 0.709. The first kappa shape index (κ1) is 19.9. The molecule has 0 fully saturated rings. The highest BCUT2D eigenvalue weighted by atomic mass is 16.5. The Labute approximate surface area is 165 Å². The van der Waals surface area contributed by atoms with E-state index in [4.69, 9.17) is 9.15 Å². The zero-order valence-electron chi connectivity index (χ0n) is 16.4. The summed E-state index contributed by atoms with van der Waals surface area (Å²) < 4.78 is 11.2.